The number of ether oxygens (including phenoxy) is 2. The number of hydrogen-bond acceptors (Lipinski definition) is 4. The summed E-state index contributed by atoms with van der Waals surface area (Å²) in [7, 11) is 3.27. The van der Waals surface area contributed by atoms with Crippen molar-refractivity contribution in [3.63, 3.8) is 0 Å². The average Bonchev–Trinajstić information content (AvgIpc) is 2.50. The quantitative estimate of drug-likeness (QED) is 0.871. The number of benzene rings is 1. The highest BCUT2D eigenvalue weighted by Gasteiger charge is 2.19. The minimum absolute atomic E-state index is 0.0262. The summed E-state index contributed by atoms with van der Waals surface area (Å²) in [4.78, 5) is 2.35. The Hall–Kier alpha value is -1.30. The van der Waals surface area contributed by atoms with Gasteiger partial charge in [-0.15, -0.1) is 0 Å². The summed E-state index contributed by atoms with van der Waals surface area (Å²) in [5.74, 6) is 1.49. The van der Waals surface area contributed by atoms with E-state index in [9.17, 15) is 5.11 Å². The lowest BCUT2D eigenvalue weighted by molar-refractivity contribution is 0.224. The zero-order chi connectivity index (χ0) is 14.5. The van der Waals surface area contributed by atoms with Crippen molar-refractivity contribution in [2.75, 3.05) is 40.4 Å². The van der Waals surface area contributed by atoms with E-state index in [0.717, 1.165) is 55.2 Å². The monoisotopic (exact) mass is 279 g/mol. The van der Waals surface area contributed by atoms with E-state index in [-0.39, 0.29) is 6.61 Å². The third-order valence-corrected chi connectivity index (χ3v) is 3.87. The summed E-state index contributed by atoms with van der Waals surface area (Å²) in [5.41, 5.74) is 3.03. The minimum atomic E-state index is -0.0262. The van der Waals surface area contributed by atoms with Gasteiger partial charge >= 0.3 is 0 Å². The molecule has 1 saturated heterocycles. The van der Waals surface area contributed by atoms with E-state index in [1.165, 1.54) is 0 Å². The lowest BCUT2D eigenvalue weighted by Crippen LogP contribution is -2.40. The van der Waals surface area contributed by atoms with E-state index in [1.807, 2.05) is 13.0 Å². The number of methoxy groups -OCH3 is 2. The normalized spacial score (nSPS) is 16.2. The lowest BCUT2D eigenvalue weighted by Gasteiger charge is -2.28. The summed E-state index contributed by atoms with van der Waals surface area (Å²) >= 11 is 0. The van der Waals surface area contributed by atoms with Crippen LogP contribution in [0.3, 0.4) is 0 Å². The van der Waals surface area contributed by atoms with Gasteiger partial charge in [0.25, 0.3) is 0 Å². The van der Waals surface area contributed by atoms with Crippen LogP contribution in [0, 0.1) is 6.92 Å². The first-order chi connectivity index (χ1) is 9.71. The maximum atomic E-state index is 9.69. The minimum Gasteiger partial charge on any atom is -0.496 e. The molecule has 1 heterocycles. The molecule has 0 aromatic heterocycles. The smallest absolute Gasteiger partial charge is 0.128 e. The molecule has 20 heavy (non-hydrogen) atoms. The van der Waals surface area contributed by atoms with Crippen molar-refractivity contribution in [2.45, 2.75) is 20.1 Å². The van der Waals surface area contributed by atoms with E-state index < -0.39 is 0 Å². The second-order valence-corrected chi connectivity index (χ2v) is 4.97. The number of aliphatic hydroxyl groups excluding tert-OH is 1. The molecule has 5 heteroatoms. The van der Waals surface area contributed by atoms with Crippen LogP contribution in [-0.2, 0) is 13.2 Å². The topological polar surface area (TPSA) is 56.0 Å². The molecule has 1 N–H and O–H groups in total. The average molecular weight is 279 g/mol. The van der Waals surface area contributed by atoms with E-state index >= 15 is 0 Å². The van der Waals surface area contributed by atoms with E-state index in [0.29, 0.717) is 5.75 Å². The molecule has 1 aromatic rings. The second-order valence-electron chi connectivity index (χ2n) is 4.97. The molecule has 0 aliphatic carbocycles. The number of piperazine rings is 1. The fourth-order valence-corrected chi connectivity index (χ4v) is 2.65. The molecule has 0 bridgehead atoms. The van der Waals surface area contributed by atoms with Gasteiger partial charge in [0.1, 0.15) is 11.5 Å². The SMILES string of the molecule is COc1cc(OC)c(CO)c(CN2CC[N]CC2)c1C. The van der Waals surface area contributed by atoms with E-state index in [1.54, 1.807) is 14.2 Å². The first-order valence-electron chi connectivity index (χ1n) is 6.91. The van der Waals surface area contributed by atoms with Crippen LogP contribution in [0.5, 0.6) is 11.5 Å². The Balaban J connectivity index is 2.36. The third-order valence-electron chi connectivity index (χ3n) is 3.87. The van der Waals surface area contributed by atoms with Crippen molar-refractivity contribution in [3.05, 3.63) is 22.8 Å². The van der Waals surface area contributed by atoms with Gasteiger partial charge in [0, 0.05) is 44.4 Å². The summed E-state index contributed by atoms with van der Waals surface area (Å²) in [6.45, 7) is 6.49. The van der Waals surface area contributed by atoms with Crippen molar-refractivity contribution in [3.8, 4) is 11.5 Å². The Labute approximate surface area is 120 Å². The number of aliphatic hydroxyl groups is 1. The van der Waals surface area contributed by atoms with Crippen molar-refractivity contribution in [1.82, 2.24) is 10.2 Å². The Morgan fingerprint density at radius 3 is 2.35 bits per heavy atom. The molecule has 5 nitrogen and oxygen atoms in total. The Bertz CT molecular complexity index is 457. The molecule has 1 aromatic carbocycles. The van der Waals surface area contributed by atoms with Crippen LogP contribution in [0.25, 0.3) is 0 Å². The summed E-state index contributed by atoms with van der Waals surface area (Å²) < 4.78 is 10.8. The van der Waals surface area contributed by atoms with Gasteiger partial charge in [-0.1, -0.05) is 0 Å². The second kappa shape index (κ2) is 6.92. The zero-order valence-corrected chi connectivity index (χ0v) is 12.5. The lowest BCUT2D eigenvalue weighted by atomic mass is 9.99. The van der Waals surface area contributed by atoms with Gasteiger partial charge in [0.2, 0.25) is 0 Å². The standard InChI is InChI=1S/C15H23N2O3/c1-11-12(9-17-6-4-16-5-7-17)13(10-18)15(20-3)8-14(11)19-2/h8,18H,4-7,9-10H2,1-3H3. The van der Waals surface area contributed by atoms with Gasteiger partial charge < -0.3 is 14.6 Å². The molecule has 1 aliphatic rings. The highest BCUT2D eigenvalue weighted by Crippen LogP contribution is 2.34. The third kappa shape index (κ3) is 3.06. The van der Waals surface area contributed by atoms with E-state index in [4.69, 9.17) is 9.47 Å². The number of nitrogens with zero attached hydrogens (tertiary/aromatic N) is 2. The largest absolute Gasteiger partial charge is 0.496 e. The van der Waals surface area contributed by atoms with Crippen LogP contribution >= 0.6 is 0 Å². The van der Waals surface area contributed by atoms with Gasteiger partial charge in [-0.2, -0.15) is 0 Å². The van der Waals surface area contributed by atoms with Crippen LogP contribution in [0.15, 0.2) is 6.07 Å². The van der Waals surface area contributed by atoms with Crippen LogP contribution in [-0.4, -0.2) is 50.4 Å². The maximum Gasteiger partial charge on any atom is 0.128 e. The van der Waals surface area contributed by atoms with Gasteiger partial charge in [-0.05, 0) is 18.1 Å². The number of hydrogen-bond donors (Lipinski definition) is 1. The Kier molecular flexibility index (Phi) is 5.23. The van der Waals surface area contributed by atoms with Crippen LogP contribution in [0.1, 0.15) is 16.7 Å². The van der Waals surface area contributed by atoms with Gasteiger partial charge in [0.15, 0.2) is 0 Å². The molecule has 0 atom stereocenters. The van der Waals surface area contributed by atoms with Crippen LogP contribution < -0.4 is 14.8 Å². The fraction of sp³-hybridized carbons (Fsp3) is 0.600. The Morgan fingerprint density at radius 2 is 1.80 bits per heavy atom. The molecule has 0 spiro atoms. The summed E-state index contributed by atoms with van der Waals surface area (Å²) in [5, 5.41) is 14.1. The molecule has 0 amide bonds. The van der Waals surface area contributed by atoms with Gasteiger partial charge in [-0.25, -0.2) is 5.32 Å². The molecule has 0 saturated carbocycles. The molecule has 1 aliphatic heterocycles. The molecule has 2 rings (SSSR count). The van der Waals surface area contributed by atoms with Crippen molar-refractivity contribution in [1.29, 1.82) is 0 Å². The van der Waals surface area contributed by atoms with Crippen molar-refractivity contribution < 1.29 is 14.6 Å². The zero-order valence-electron chi connectivity index (χ0n) is 12.5. The van der Waals surface area contributed by atoms with Crippen molar-refractivity contribution in [2.24, 2.45) is 0 Å². The molecule has 1 radical (unpaired) electrons. The first kappa shape index (κ1) is 15.1. The predicted molar refractivity (Wildman–Crippen MR) is 77.4 cm³/mol. The van der Waals surface area contributed by atoms with Gasteiger partial charge in [0.05, 0.1) is 20.8 Å². The summed E-state index contributed by atoms with van der Waals surface area (Å²) in [6, 6.07) is 1.84. The molecular weight excluding hydrogens is 256 g/mol. The molecule has 1 fully saturated rings. The first-order valence-corrected chi connectivity index (χ1v) is 6.91. The summed E-state index contributed by atoms with van der Waals surface area (Å²) in [6.07, 6.45) is 0. The van der Waals surface area contributed by atoms with Crippen molar-refractivity contribution >= 4 is 0 Å². The maximum absolute atomic E-state index is 9.69. The molecule has 111 valence electrons. The molecule has 0 unspecified atom stereocenters. The van der Waals surface area contributed by atoms with Gasteiger partial charge in [-0.3, -0.25) is 4.90 Å². The van der Waals surface area contributed by atoms with E-state index in [2.05, 4.69) is 10.2 Å². The fourth-order valence-electron chi connectivity index (χ4n) is 2.65. The van der Waals surface area contributed by atoms with Crippen LogP contribution in [0.2, 0.25) is 0 Å². The highest BCUT2D eigenvalue weighted by molar-refractivity contribution is 5.52. The Morgan fingerprint density at radius 1 is 1.15 bits per heavy atom. The van der Waals surface area contributed by atoms with Crippen LogP contribution in [0.4, 0.5) is 0 Å². The molecular formula is C15H23N2O3. The predicted octanol–water partition coefficient (Wildman–Crippen LogP) is 0.925. The highest BCUT2D eigenvalue weighted by atomic mass is 16.5. The number of rotatable bonds is 5.